The summed E-state index contributed by atoms with van der Waals surface area (Å²) in [5.74, 6) is -2.08. The van der Waals surface area contributed by atoms with Gasteiger partial charge in [-0.25, -0.2) is 9.59 Å². The number of benzene rings is 3. The Morgan fingerprint density at radius 2 is 1.12 bits per heavy atom. The summed E-state index contributed by atoms with van der Waals surface area (Å²) in [6.07, 6.45) is 0. The molecule has 0 saturated heterocycles. The van der Waals surface area contributed by atoms with Gasteiger partial charge in [-0.1, -0.05) is 65.9 Å². The molecule has 0 amide bonds. The molecule has 0 spiro atoms. The van der Waals surface area contributed by atoms with Crippen molar-refractivity contribution in [2.45, 2.75) is 6.92 Å². The maximum absolute atomic E-state index is 12.1. The van der Waals surface area contributed by atoms with Crippen molar-refractivity contribution in [3.63, 3.8) is 0 Å². The molecule has 0 radical (unpaired) electrons. The quantitative estimate of drug-likeness (QED) is 0.700. The Hall–Kier alpha value is -3.18. The van der Waals surface area contributed by atoms with Crippen LogP contribution in [0.2, 0.25) is 0 Å². The van der Waals surface area contributed by atoms with Gasteiger partial charge in [0, 0.05) is 21.4 Å². The number of rotatable bonds is 4. The number of hydrogen-bond acceptors (Lipinski definition) is 2. The lowest BCUT2D eigenvalue weighted by molar-refractivity contribution is 0.0683. The average molecular weight is 362 g/mol. The topological polar surface area (TPSA) is 74.6 Å². The van der Waals surface area contributed by atoms with E-state index in [2.05, 4.69) is 0 Å². The van der Waals surface area contributed by atoms with Crippen LogP contribution in [0.1, 0.15) is 26.3 Å². The normalized spacial score (nSPS) is 10.7. The molecule has 0 fully saturated rings. The lowest BCUT2D eigenvalue weighted by Gasteiger charge is -2.21. The summed E-state index contributed by atoms with van der Waals surface area (Å²) in [6, 6.07) is 18.2. The van der Waals surface area contributed by atoms with E-state index in [1.807, 2.05) is 60.7 Å². The van der Waals surface area contributed by atoms with Gasteiger partial charge >= 0.3 is 11.9 Å². The highest BCUT2D eigenvalue weighted by Crippen LogP contribution is 2.38. The third-order valence-electron chi connectivity index (χ3n) is 4.62. The Morgan fingerprint density at radius 1 is 0.731 bits per heavy atom. The highest BCUT2D eigenvalue weighted by atomic mass is 28.1. The standard InChI is InChI=1S/C21H18O4Si/c1-12-15(20(22)23)16(13-8-4-2-5-9-13)17(14-10-6-3-7-11-14)18(19(12)26)21(24)25/h2-11H,1,26H3,(H,22,23)(H,24,25). The lowest BCUT2D eigenvalue weighted by atomic mass is 9.84. The summed E-state index contributed by atoms with van der Waals surface area (Å²) in [7, 11) is 0.436. The first kappa shape index (κ1) is 17.6. The summed E-state index contributed by atoms with van der Waals surface area (Å²) in [4.78, 5) is 24.2. The number of carboxylic acid groups (broad SMARTS) is 2. The van der Waals surface area contributed by atoms with Gasteiger partial charge in [0.25, 0.3) is 0 Å². The first-order valence-corrected chi connectivity index (χ1v) is 9.18. The summed E-state index contributed by atoms with van der Waals surface area (Å²) in [5, 5.41) is 20.4. The fourth-order valence-electron chi connectivity index (χ4n) is 3.32. The minimum atomic E-state index is -1.05. The van der Waals surface area contributed by atoms with Crippen molar-refractivity contribution in [2.75, 3.05) is 0 Å². The zero-order chi connectivity index (χ0) is 18.8. The van der Waals surface area contributed by atoms with Crippen molar-refractivity contribution in [2.24, 2.45) is 0 Å². The van der Waals surface area contributed by atoms with Crippen molar-refractivity contribution < 1.29 is 19.8 Å². The van der Waals surface area contributed by atoms with Crippen molar-refractivity contribution in [1.82, 2.24) is 0 Å². The van der Waals surface area contributed by atoms with Crippen molar-refractivity contribution in [1.29, 1.82) is 0 Å². The third-order valence-corrected chi connectivity index (χ3v) is 5.87. The fourth-order valence-corrected chi connectivity index (χ4v) is 4.04. The molecule has 0 heterocycles. The van der Waals surface area contributed by atoms with E-state index in [1.54, 1.807) is 6.92 Å². The molecule has 0 aliphatic rings. The van der Waals surface area contributed by atoms with Gasteiger partial charge in [-0.15, -0.1) is 0 Å². The maximum atomic E-state index is 12.1. The van der Waals surface area contributed by atoms with Crippen LogP contribution in [0.25, 0.3) is 22.3 Å². The van der Waals surface area contributed by atoms with Gasteiger partial charge < -0.3 is 10.2 Å². The highest BCUT2D eigenvalue weighted by molar-refractivity contribution is 6.39. The minimum absolute atomic E-state index is 0.171. The molecule has 3 aromatic rings. The van der Waals surface area contributed by atoms with Crippen LogP contribution >= 0.6 is 0 Å². The second-order valence-electron chi connectivity index (χ2n) is 6.09. The number of aromatic carboxylic acids is 2. The molecule has 4 nitrogen and oxygen atoms in total. The molecular formula is C21H18O4Si. The van der Waals surface area contributed by atoms with Crippen LogP contribution in [0.5, 0.6) is 0 Å². The van der Waals surface area contributed by atoms with E-state index in [0.29, 0.717) is 43.2 Å². The second-order valence-corrected chi connectivity index (χ2v) is 7.09. The number of carbonyl (C=O) groups is 2. The van der Waals surface area contributed by atoms with E-state index in [9.17, 15) is 19.8 Å². The molecule has 3 aromatic carbocycles. The van der Waals surface area contributed by atoms with E-state index in [4.69, 9.17) is 0 Å². The van der Waals surface area contributed by atoms with Crippen LogP contribution in [0.15, 0.2) is 60.7 Å². The Labute approximate surface area is 154 Å². The molecule has 0 aromatic heterocycles. The zero-order valence-electron chi connectivity index (χ0n) is 14.5. The van der Waals surface area contributed by atoms with Gasteiger partial charge in [-0.05, 0) is 23.6 Å². The molecular weight excluding hydrogens is 344 g/mol. The Balaban J connectivity index is 2.58. The molecule has 5 heteroatoms. The molecule has 0 saturated carbocycles. The monoisotopic (exact) mass is 362 g/mol. The number of carboxylic acids is 2. The van der Waals surface area contributed by atoms with Gasteiger partial charge in [0.05, 0.1) is 11.1 Å². The van der Waals surface area contributed by atoms with E-state index in [-0.39, 0.29) is 11.1 Å². The highest BCUT2D eigenvalue weighted by Gasteiger charge is 2.28. The third kappa shape index (κ3) is 2.93. The molecule has 2 N–H and O–H groups in total. The molecule has 0 aliphatic heterocycles. The second kappa shape index (κ2) is 6.97. The smallest absolute Gasteiger partial charge is 0.336 e. The van der Waals surface area contributed by atoms with Crippen molar-refractivity contribution in [3.8, 4) is 22.3 Å². The minimum Gasteiger partial charge on any atom is -0.478 e. The first-order valence-electron chi connectivity index (χ1n) is 8.18. The first-order chi connectivity index (χ1) is 12.4. The maximum Gasteiger partial charge on any atom is 0.336 e. The summed E-state index contributed by atoms with van der Waals surface area (Å²) in [5.41, 5.74) is 3.21. The lowest BCUT2D eigenvalue weighted by Crippen LogP contribution is -2.25. The largest absolute Gasteiger partial charge is 0.478 e. The van der Waals surface area contributed by atoms with E-state index >= 15 is 0 Å². The molecule has 0 aliphatic carbocycles. The number of hydrogen-bond donors (Lipinski definition) is 2. The van der Waals surface area contributed by atoms with E-state index in [1.165, 1.54) is 0 Å². The van der Waals surface area contributed by atoms with Crippen molar-refractivity contribution >= 4 is 27.4 Å². The van der Waals surface area contributed by atoms with Gasteiger partial charge in [0.15, 0.2) is 0 Å². The SMILES string of the molecule is Cc1c([SiH3])c(C(=O)O)c(-c2ccccc2)c(-c2ccccc2)c1C(=O)O. The Morgan fingerprint density at radius 3 is 1.50 bits per heavy atom. The van der Waals surface area contributed by atoms with Crippen LogP contribution in [0.4, 0.5) is 0 Å². The van der Waals surface area contributed by atoms with Gasteiger partial charge in [-0.3, -0.25) is 0 Å². The average Bonchev–Trinajstić information content (AvgIpc) is 2.64. The fraction of sp³-hybridized carbons (Fsp3) is 0.0476. The summed E-state index contributed by atoms with van der Waals surface area (Å²) in [6.45, 7) is 1.69. The molecule has 0 bridgehead atoms. The summed E-state index contributed by atoms with van der Waals surface area (Å²) < 4.78 is 0. The van der Waals surface area contributed by atoms with Crippen LogP contribution in [0.3, 0.4) is 0 Å². The summed E-state index contributed by atoms with van der Waals surface area (Å²) >= 11 is 0. The van der Waals surface area contributed by atoms with Crippen LogP contribution in [-0.2, 0) is 0 Å². The van der Waals surface area contributed by atoms with Crippen LogP contribution < -0.4 is 5.19 Å². The Kier molecular flexibility index (Phi) is 4.73. The molecule has 0 unspecified atom stereocenters. The molecule has 26 heavy (non-hydrogen) atoms. The molecule has 3 rings (SSSR count). The predicted octanol–water partition coefficient (Wildman–Crippen LogP) is 2.72. The van der Waals surface area contributed by atoms with E-state index in [0.717, 1.165) is 0 Å². The van der Waals surface area contributed by atoms with Crippen molar-refractivity contribution in [3.05, 3.63) is 77.4 Å². The molecule has 0 atom stereocenters. The van der Waals surface area contributed by atoms with Crippen LogP contribution in [-0.4, -0.2) is 32.4 Å². The Bertz CT molecular complexity index is 913. The van der Waals surface area contributed by atoms with E-state index < -0.39 is 11.9 Å². The van der Waals surface area contributed by atoms with Gasteiger partial charge in [-0.2, -0.15) is 0 Å². The zero-order valence-corrected chi connectivity index (χ0v) is 16.5. The van der Waals surface area contributed by atoms with Crippen LogP contribution in [0, 0.1) is 6.92 Å². The van der Waals surface area contributed by atoms with Gasteiger partial charge in [0.2, 0.25) is 0 Å². The van der Waals surface area contributed by atoms with Gasteiger partial charge in [0.1, 0.15) is 0 Å². The predicted molar refractivity (Wildman–Crippen MR) is 106 cm³/mol. The molecule has 130 valence electrons.